The molecule has 0 unspecified atom stereocenters. The number of terminal acetylenes is 1. The lowest BCUT2D eigenvalue weighted by Crippen LogP contribution is -2.24. The molecule has 1 aromatic carbocycles. The van der Waals surface area contributed by atoms with Gasteiger partial charge in [-0.2, -0.15) is 0 Å². The second-order valence-electron chi connectivity index (χ2n) is 2.83. The number of carbonyl (C=O) groups excluding carboxylic acids is 1. The molecular formula is C11H9ClINO. The Bertz CT molecular complexity index is 412. The van der Waals surface area contributed by atoms with Crippen molar-refractivity contribution in [3.63, 3.8) is 0 Å². The minimum Gasteiger partial charge on any atom is -0.351 e. The molecule has 0 heterocycles. The lowest BCUT2D eigenvalue weighted by molar-refractivity contribution is 0.0953. The fourth-order valence-electron chi connectivity index (χ4n) is 1.01. The van der Waals surface area contributed by atoms with Crippen molar-refractivity contribution >= 4 is 40.1 Å². The predicted octanol–water partition coefficient (Wildman–Crippen LogP) is 2.70. The van der Waals surface area contributed by atoms with Gasteiger partial charge in [0, 0.05) is 21.6 Å². The molecule has 0 aliphatic heterocycles. The lowest BCUT2D eigenvalue weighted by atomic mass is 10.2. The SMILES string of the molecule is C#CCCNC(=O)c1cc(Cl)ccc1I. The first-order chi connectivity index (χ1) is 7.15. The topological polar surface area (TPSA) is 29.1 Å². The predicted molar refractivity (Wildman–Crippen MR) is 70.0 cm³/mol. The van der Waals surface area contributed by atoms with Gasteiger partial charge in [-0.05, 0) is 40.8 Å². The Labute approximate surface area is 108 Å². The summed E-state index contributed by atoms with van der Waals surface area (Å²) in [5, 5.41) is 3.28. The van der Waals surface area contributed by atoms with Crippen LogP contribution in [0.2, 0.25) is 5.02 Å². The number of benzene rings is 1. The molecule has 0 saturated carbocycles. The Morgan fingerprint density at radius 3 is 3.00 bits per heavy atom. The van der Waals surface area contributed by atoms with Crippen LogP contribution in [0.1, 0.15) is 16.8 Å². The van der Waals surface area contributed by atoms with E-state index in [1.165, 1.54) is 0 Å². The van der Waals surface area contributed by atoms with Gasteiger partial charge in [0.25, 0.3) is 5.91 Å². The molecule has 15 heavy (non-hydrogen) atoms. The van der Waals surface area contributed by atoms with Gasteiger partial charge in [-0.3, -0.25) is 4.79 Å². The third-order valence-corrected chi connectivity index (χ3v) is 2.90. The van der Waals surface area contributed by atoms with Crippen molar-refractivity contribution in [1.82, 2.24) is 5.32 Å². The van der Waals surface area contributed by atoms with Crippen LogP contribution in [0.25, 0.3) is 0 Å². The van der Waals surface area contributed by atoms with E-state index in [4.69, 9.17) is 18.0 Å². The Kier molecular flexibility index (Phi) is 4.92. The van der Waals surface area contributed by atoms with Gasteiger partial charge in [0.05, 0.1) is 5.56 Å². The van der Waals surface area contributed by atoms with Gasteiger partial charge in [-0.15, -0.1) is 12.3 Å². The van der Waals surface area contributed by atoms with Crippen molar-refractivity contribution in [1.29, 1.82) is 0 Å². The summed E-state index contributed by atoms with van der Waals surface area (Å²) in [7, 11) is 0. The fraction of sp³-hybridized carbons (Fsp3) is 0.182. The smallest absolute Gasteiger partial charge is 0.252 e. The molecule has 0 spiro atoms. The van der Waals surface area contributed by atoms with Gasteiger partial charge >= 0.3 is 0 Å². The van der Waals surface area contributed by atoms with E-state index in [2.05, 4.69) is 33.8 Å². The molecule has 1 rings (SSSR count). The zero-order valence-corrected chi connectivity index (χ0v) is 10.8. The molecule has 0 fully saturated rings. The van der Waals surface area contributed by atoms with Crippen LogP contribution in [0, 0.1) is 15.9 Å². The zero-order valence-electron chi connectivity index (χ0n) is 7.89. The minimum atomic E-state index is -0.142. The highest BCUT2D eigenvalue weighted by Crippen LogP contribution is 2.17. The Morgan fingerprint density at radius 2 is 2.33 bits per heavy atom. The number of rotatable bonds is 3. The fourth-order valence-corrected chi connectivity index (χ4v) is 1.77. The molecule has 4 heteroatoms. The number of hydrogen-bond acceptors (Lipinski definition) is 1. The van der Waals surface area contributed by atoms with E-state index in [0.717, 1.165) is 3.57 Å². The number of carbonyl (C=O) groups is 1. The second kappa shape index (κ2) is 5.99. The summed E-state index contributed by atoms with van der Waals surface area (Å²) in [6.07, 6.45) is 5.61. The first-order valence-electron chi connectivity index (χ1n) is 4.32. The summed E-state index contributed by atoms with van der Waals surface area (Å²) in [5.74, 6) is 2.32. The van der Waals surface area contributed by atoms with Gasteiger partial charge in [0.1, 0.15) is 0 Å². The summed E-state index contributed by atoms with van der Waals surface area (Å²) in [6, 6.07) is 5.20. The van der Waals surface area contributed by atoms with Crippen molar-refractivity contribution in [2.75, 3.05) is 6.54 Å². The van der Waals surface area contributed by atoms with Crippen LogP contribution < -0.4 is 5.32 Å². The van der Waals surface area contributed by atoms with E-state index in [-0.39, 0.29) is 5.91 Å². The minimum absolute atomic E-state index is 0.142. The van der Waals surface area contributed by atoms with Crippen LogP contribution in [0.5, 0.6) is 0 Å². The molecule has 0 saturated heterocycles. The van der Waals surface area contributed by atoms with Crippen molar-refractivity contribution in [2.24, 2.45) is 0 Å². The second-order valence-corrected chi connectivity index (χ2v) is 4.43. The summed E-state index contributed by atoms with van der Waals surface area (Å²) < 4.78 is 0.871. The van der Waals surface area contributed by atoms with Crippen molar-refractivity contribution in [2.45, 2.75) is 6.42 Å². The van der Waals surface area contributed by atoms with E-state index in [1.807, 2.05) is 0 Å². The molecule has 0 atom stereocenters. The lowest BCUT2D eigenvalue weighted by Gasteiger charge is -2.05. The quantitative estimate of drug-likeness (QED) is 0.514. The highest BCUT2D eigenvalue weighted by molar-refractivity contribution is 14.1. The third-order valence-electron chi connectivity index (χ3n) is 1.73. The number of amides is 1. The molecule has 1 N–H and O–H groups in total. The maximum Gasteiger partial charge on any atom is 0.252 e. The summed E-state index contributed by atoms with van der Waals surface area (Å²) in [4.78, 5) is 11.6. The first kappa shape index (κ1) is 12.3. The van der Waals surface area contributed by atoms with E-state index < -0.39 is 0 Å². The van der Waals surface area contributed by atoms with Crippen LogP contribution in [-0.4, -0.2) is 12.5 Å². The maximum absolute atomic E-state index is 11.6. The highest BCUT2D eigenvalue weighted by atomic mass is 127. The molecular weight excluding hydrogens is 324 g/mol. The van der Waals surface area contributed by atoms with E-state index in [9.17, 15) is 4.79 Å². The molecule has 78 valence electrons. The standard InChI is InChI=1S/C11H9ClINO/c1-2-3-6-14-11(15)9-7-8(12)4-5-10(9)13/h1,4-5,7H,3,6H2,(H,14,15). The average molecular weight is 334 g/mol. The largest absolute Gasteiger partial charge is 0.351 e. The monoisotopic (exact) mass is 333 g/mol. The van der Waals surface area contributed by atoms with Crippen molar-refractivity contribution in [3.8, 4) is 12.3 Å². The maximum atomic E-state index is 11.6. The van der Waals surface area contributed by atoms with E-state index in [1.54, 1.807) is 18.2 Å². The molecule has 1 amide bonds. The molecule has 0 aliphatic rings. The van der Waals surface area contributed by atoms with Crippen LogP contribution in [-0.2, 0) is 0 Å². The summed E-state index contributed by atoms with van der Waals surface area (Å²) in [5.41, 5.74) is 0.583. The van der Waals surface area contributed by atoms with Gasteiger partial charge in [0.2, 0.25) is 0 Å². The van der Waals surface area contributed by atoms with Crippen LogP contribution in [0.15, 0.2) is 18.2 Å². The number of hydrogen-bond donors (Lipinski definition) is 1. The van der Waals surface area contributed by atoms with Gasteiger partial charge < -0.3 is 5.32 Å². The third kappa shape index (κ3) is 3.73. The Hall–Kier alpha value is -0.730. The summed E-state index contributed by atoms with van der Waals surface area (Å²) in [6.45, 7) is 0.484. The summed E-state index contributed by atoms with van der Waals surface area (Å²) >= 11 is 7.90. The van der Waals surface area contributed by atoms with Crippen molar-refractivity contribution < 1.29 is 4.79 Å². The van der Waals surface area contributed by atoms with Gasteiger partial charge in [0.15, 0.2) is 0 Å². The first-order valence-corrected chi connectivity index (χ1v) is 5.77. The van der Waals surface area contributed by atoms with Crippen LogP contribution in [0.4, 0.5) is 0 Å². The average Bonchev–Trinajstić information content (AvgIpc) is 2.22. The molecule has 1 aromatic rings. The van der Waals surface area contributed by atoms with Gasteiger partial charge in [-0.25, -0.2) is 0 Å². The Balaban J connectivity index is 2.73. The normalized spacial score (nSPS) is 9.40. The number of nitrogens with one attached hydrogen (secondary N) is 1. The molecule has 2 nitrogen and oxygen atoms in total. The van der Waals surface area contributed by atoms with Crippen LogP contribution in [0.3, 0.4) is 0 Å². The Morgan fingerprint density at radius 1 is 1.60 bits per heavy atom. The van der Waals surface area contributed by atoms with E-state index in [0.29, 0.717) is 23.6 Å². The van der Waals surface area contributed by atoms with E-state index >= 15 is 0 Å². The van der Waals surface area contributed by atoms with Crippen molar-refractivity contribution in [3.05, 3.63) is 32.4 Å². The zero-order chi connectivity index (χ0) is 11.3. The van der Waals surface area contributed by atoms with Gasteiger partial charge in [-0.1, -0.05) is 11.6 Å². The highest BCUT2D eigenvalue weighted by Gasteiger charge is 2.09. The molecule has 0 aliphatic carbocycles. The number of halogens is 2. The molecule has 0 radical (unpaired) electrons. The molecule has 0 aromatic heterocycles. The van der Waals surface area contributed by atoms with Crippen LogP contribution >= 0.6 is 34.2 Å². The molecule has 0 bridgehead atoms.